The van der Waals surface area contributed by atoms with Crippen LogP contribution in [0.1, 0.15) is 48.5 Å². The number of likely N-dealkylation sites (tertiary alicyclic amines) is 1. The van der Waals surface area contributed by atoms with Crippen LogP contribution in [0.5, 0.6) is 0 Å². The summed E-state index contributed by atoms with van der Waals surface area (Å²) in [7, 11) is 0. The van der Waals surface area contributed by atoms with E-state index in [1.165, 1.54) is 25.7 Å². The fourth-order valence-corrected chi connectivity index (χ4v) is 3.00. The summed E-state index contributed by atoms with van der Waals surface area (Å²) >= 11 is 0. The van der Waals surface area contributed by atoms with Gasteiger partial charge in [0.15, 0.2) is 0 Å². The van der Waals surface area contributed by atoms with Crippen LogP contribution < -0.4 is 0 Å². The summed E-state index contributed by atoms with van der Waals surface area (Å²) in [4.78, 5) is 13.4. The zero-order chi connectivity index (χ0) is 13.7. The van der Waals surface area contributed by atoms with Gasteiger partial charge in [0.25, 0.3) is 0 Å². The van der Waals surface area contributed by atoms with Crippen molar-refractivity contribution in [3.8, 4) is 0 Å². The van der Waals surface area contributed by atoms with Crippen LogP contribution in [-0.2, 0) is 6.54 Å². The van der Waals surface area contributed by atoms with E-state index in [1.807, 2.05) is 12.1 Å². The lowest BCUT2D eigenvalue weighted by atomic mass is 9.93. The largest absolute Gasteiger partial charge is 0.478 e. The highest BCUT2D eigenvalue weighted by atomic mass is 16.4. The van der Waals surface area contributed by atoms with Gasteiger partial charge in [-0.2, -0.15) is 0 Å². The van der Waals surface area contributed by atoms with E-state index in [1.54, 1.807) is 12.1 Å². The summed E-state index contributed by atoms with van der Waals surface area (Å²) < 4.78 is 0. The average molecular weight is 261 g/mol. The van der Waals surface area contributed by atoms with Crippen molar-refractivity contribution >= 4 is 5.97 Å². The molecule has 1 saturated heterocycles. The van der Waals surface area contributed by atoms with Gasteiger partial charge in [-0.1, -0.05) is 25.5 Å². The second-order valence-electron chi connectivity index (χ2n) is 5.54. The van der Waals surface area contributed by atoms with Crippen LogP contribution in [0.4, 0.5) is 0 Å². The Morgan fingerprint density at radius 3 is 3.05 bits per heavy atom. The zero-order valence-electron chi connectivity index (χ0n) is 11.6. The third-order valence-electron chi connectivity index (χ3n) is 3.88. The summed E-state index contributed by atoms with van der Waals surface area (Å²) in [6.45, 7) is 5.42. The summed E-state index contributed by atoms with van der Waals surface area (Å²) in [6.07, 6.45) is 5.18. The van der Waals surface area contributed by atoms with Gasteiger partial charge in [-0.05, 0) is 49.4 Å². The first-order valence-electron chi connectivity index (χ1n) is 7.23. The van der Waals surface area contributed by atoms with Crippen molar-refractivity contribution < 1.29 is 9.90 Å². The molecule has 0 aliphatic carbocycles. The average Bonchev–Trinajstić information content (AvgIpc) is 2.40. The van der Waals surface area contributed by atoms with Crippen LogP contribution in [0, 0.1) is 5.92 Å². The molecular weight excluding hydrogens is 238 g/mol. The first-order chi connectivity index (χ1) is 9.19. The second-order valence-corrected chi connectivity index (χ2v) is 5.54. The van der Waals surface area contributed by atoms with Gasteiger partial charge >= 0.3 is 5.97 Å². The Morgan fingerprint density at radius 1 is 1.47 bits per heavy atom. The van der Waals surface area contributed by atoms with Gasteiger partial charge in [-0.25, -0.2) is 4.79 Å². The molecule has 1 aliphatic heterocycles. The Morgan fingerprint density at radius 2 is 2.32 bits per heavy atom. The zero-order valence-corrected chi connectivity index (χ0v) is 11.6. The molecule has 19 heavy (non-hydrogen) atoms. The van der Waals surface area contributed by atoms with Gasteiger partial charge in [-0.15, -0.1) is 0 Å². The van der Waals surface area contributed by atoms with E-state index in [-0.39, 0.29) is 0 Å². The van der Waals surface area contributed by atoms with E-state index in [0.717, 1.165) is 31.1 Å². The molecule has 1 N–H and O–H groups in total. The van der Waals surface area contributed by atoms with Crippen molar-refractivity contribution in [3.05, 3.63) is 35.4 Å². The Labute approximate surface area is 115 Å². The summed E-state index contributed by atoms with van der Waals surface area (Å²) in [6, 6.07) is 7.32. The maximum absolute atomic E-state index is 11.0. The molecule has 1 heterocycles. The van der Waals surface area contributed by atoms with E-state index in [2.05, 4.69) is 11.8 Å². The van der Waals surface area contributed by atoms with Gasteiger partial charge in [0.05, 0.1) is 5.56 Å². The number of carboxylic acids is 1. The fraction of sp³-hybridized carbons (Fsp3) is 0.562. The molecule has 0 bridgehead atoms. The Balaban J connectivity index is 1.96. The van der Waals surface area contributed by atoms with E-state index in [9.17, 15) is 4.79 Å². The van der Waals surface area contributed by atoms with Crippen molar-refractivity contribution in [1.82, 2.24) is 4.90 Å². The van der Waals surface area contributed by atoms with E-state index in [0.29, 0.717) is 5.56 Å². The van der Waals surface area contributed by atoms with Crippen molar-refractivity contribution in [2.24, 2.45) is 5.92 Å². The molecular formula is C16H23NO2. The molecule has 1 atom stereocenters. The predicted molar refractivity (Wildman–Crippen MR) is 76.3 cm³/mol. The van der Waals surface area contributed by atoms with Crippen molar-refractivity contribution in [2.45, 2.75) is 39.2 Å². The van der Waals surface area contributed by atoms with E-state index in [4.69, 9.17) is 5.11 Å². The third kappa shape index (κ3) is 4.06. The lowest BCUT2D eigenvalue weighted by Gasteiger charge is -2.32. The minimum absolute atomic E-state index is 0.389. The highest BCUT2D eigenvalue weighted by Crippen LogP contribution is 2.22. The van der Waals surface area contributed by atoms with Crippen molar-refractivity contribution in [2.75, 3.05) is 13.1 Å². The molecule has 104 valence electrons. The highest BCUT2D eigenvalue weighted by Gasteiger charge is 2.19. The first kappa shape index (κ1) is 14.1. The highest BCUT2D eigenvalue weighted by molar-refractivity contribution is 5.87. The fourth-order valence-electron chi connectivity index (χ4n) is 3.00. The number of piperidine rings is 1. The molecule has 2 rings (SSSR count). The molecule has 1 aromatic rings. The van der Waals surface area contributed by atoms with Crippen LogP contribution in [0.25, 0.3) is 0 Å². The lowest BCUT2D eigenvalue weighted by Crippen LogP contribution is -2.34. The number of benzene rings is 1. The number of aromatic carboxylic acids is 1. The maximum Gasteiger partial charge on any atom is 0.335 e. The quantitative estimate of drug-likeness (QED) is 0.883. The van der Waals surface area contributed by atoms with E-state index >= 15 is 0 Å². The smallest absolute Gasteiger partial charge is 0.335 e. The number of carboxylic acid groups (broad SMARTS) is 1. The molecule has 0 amide bonds. The van der Waals surface area contributed by atoms with Gasteiger partial charge in [-0.3, -0.25) is 4.90 Å². The monoisotopic (exact) mass is 261 g/mol. The minimum atomic E-state index is -0.843. The van der Waals surface area contributed by atoms with Gasteiger partial charge in [0.1, 0.15) is 0 Å². The van der Waals surface area contributed by atoms with Crippen LogP contribution in [0.3, 0.4) is 0 Å². The first-order valence-corrected chi connectivity index (χ1v) is 7.23. The molecule has 0 aromatic heterocycles. The summed E-state index contributed by atoms with van der Waals surface area (Å²) in [5, 5.41) is 9.01. The third-order valence-corrected chi connectivity index (χ3v) is 3.88. The van der Waals surface area contributed by atoms with Gasteiger partial charge in [0, 0.05) is 13.1 Å². The Hall–Kier alpha value is -1.35. The molecule has 3 nitrogen and oxygen atoms in total. The predicted octanol–water partition coefficient (Wildman–Crippen LogP) is 3.40. The number of rotatable bonds is 5. The lowest BCUT2D eigenvalue weighted by molar-refractivity contribution is 0.0696. The SMILES string of the molecule is CCCC1CCCN(Cc2cccc(C(=O)O)c2)C1. The van der Waals surface area contributed by atoms with Gasteiger partial charge < -0.3 is 5.11 Å². The van der Waals surface area contributed by atoms with Crippen molar-refractivity contribution in [1.29, 1.82) is 0 Å². The Kier molecular flexibility index (Phi) is 4.97. The normalized spacial score (nSPS) is 20.4. The number of hydrogen-bond acceptors (Lipinski definition) is 2. The standard InChI is InChI=1S/C16H23NO2/c1-2-5-13-7-4-9-17(11-13)12-14-6-3-8-15(10-14)16(18)19/h3,6,8,10,13H,2,4-5,7,9,11-12H2,1H3,(H,18,19). The molecule has 1 aliphatic rings. The summed E-state index contributed by atoms with van der Waals surface area (Å²) in [5.41, 5.74) is 1.50. The van der Waals surface area contributed by atoms with Gasteiger partial charge in [0.2, 0.25) is 0 Å². The maximum atomic E-state index is 11.0. The van der Waals surface area contributed by atoms with E-state index < -0.39 is 5.97 Å². The van der Waals surface area contributed by atoms with Crippen LogP contribution in [-0.4, -0.2) is 29.1 Å². The second kappa shape index (κ2) is 6.71. The van der Waals surface area contributed by atoms with Crippen LogP contribution in [0.2, 0.25) is 0 Å². The minimum Gasteiger partial charge on any atom is -0.478 e. The topological polar surface area (TPSA) is 40.5 Å². The molecule has 0 spiro atoms. The molecule has 3 heteroatoms. The van der Waals surface area contributed by atoms with Crippen LogP contribution >= 0.6 is 0 Å². The number of carbonyl (C=O) groups is 1. The van der Waals surface area contributed by atoms with Crippen molar-refractivity contribution in [3.63, 3.8) is 0 Å². The molecule has 1 aromatic carbocycles. The molecule has 1 unspecified atom stereocenters. The summed E-state index contributed by atoms with van der Waals surface area (Å²) in [5.74, 6) is -0.0224. The molecule has 0 saturated carbocycles. The number of hydrogen-bond donors (Lipinski definition) is 1. The Bertz CT molecular complexity index is 429. The molecule has 1 fully saturated rings. The molecule has 0 radical (unpaired) electrons. The van der Waals surface area contributed by atoms with Crippen LogP contribution in [0.15, 0.2) is 24.3 Å². The number of nitrogens with zero attached hydrogens (tertiary/aromatic N) is 1.